The lowest BCUT2D eigenvalue weighted by atomic mass is 10.1. The zero-order chi connectivity index (χ0) is 13.1. The summed E-state index contributed by atoms with van der Waals surface area (Å²) in [6.45, 7) is 3.07. The molecule has 1 fully saturated rings. The van der Waals surface area contributed by atoms with E-state index < -0.39 is 5.82 Å². The molecule has 1 aliphatic heterocycles. The maximum Gasteiger partial charge on any atom is 0.257 e. The first-order valence-corrected chi connectivity index (χ1v) is 6.04. The number of nitrogens with zero attached hydrogens (tertiary/aromatic N) is 2. The maximum atomic E-state index is 12.9. The fraction of sp³-hybridized carbons (Fsp3) is 0.462. The summed E-state index contributed by atoms with van der Waals surface area (Å²) in [6, 6.07) is 3.50. The Morgan fingerprint density at radius 1 is 1.28 bits per heavy atom. The van der Waals surface area contributed by atoms with E-state index in [4.69, 9.17) is 0 Å². The van der Waals surface area contributed by atoms with Crippen molar-refractivity contribution in [3.8, 4) is 5.75 Å². The third-order valence-electron chi connectivity index (χ3n) is 3.20. The van der Waals surface area contributed by atoms with Crippen LogP contribution in [0.2, 0.25) is 0 Å². The fourth-order valence-corrected chi connectivity index (χ4v) is 2.11. The molecule has 1 N–H and O–H groups in total. The van der Waals surface area contributed by atoms with Gasteiger partial charge in [-0.1, -0.05) is 0 Å². The number of phenolic OH excluding ortho intramolecular Hbond substituents is 1. The number of aromatic hydroxyl groups is 1. The predicted molar refractivity (Wildman–Crippen MR) is 66.1 cm³/mol. The van der Waals surface area contributed by atoms with Crippen LogP contribution in [0.3, 0.4) is 0 Å². The summed E-state index contributed by atoms with van der Waals surface area (Å²) in [7, 11) is 2.02. The number of likely N-dealkylation sites (N-methyl/N-ethyl adjacent to an activating group) is 1. The minimum atomic E-state index is -0.542. The molecular formula is C13H17FN2O2. The highest BCUT2D eigenvalue weighted by atomic mass is 19.1. The molecule has 2 rings (SSSR count). The summed E-state index contributed by atoms with van der Waals surface area (Å²) in [4.78, 5) is 16.1. The van der Waals surface area contributed by atoms with Gasteiger partial charge in [-0.05, 0) is 32.1 Å². The Kier molecular flexibility index (Phi) is 3.81. The van der Waals surface area contributed by atoms with Crippen molar-refractivity contribution in [2.24, 2.45) is 0 Å². The molecule has 1 aromatic rings. The number of carbonyl (C=O) groups is 1. The SMILES string of the molecule is CN1CCCN(C(=O)c2ccc(F)cc2O)CC1. The number of benzene rings is 1. The van der Waals surface area contributed by atoms with E-state index in [2.05, 4.69) is 4.90 Å². The van der Waals surface area contributed by atoms with Gasteiger partial charge >= 0.3 is 0 Å². The Bertz CT molecular complexity index is 451. The zero-order valence-electron chi connectivity index (χ0n) is 10.4. The Balaban J connectivity index is 2.15. The van der Waals surface area contributed by atoms with Gasteiger partial charge in [-0.25, -0.2) is 4.39 Å². The molecule has 0 unspecified atom stereocenters. The van der Waals surface area contributed by atoms with Gasteiger partial charge in [-0.2, -0.15) is 0 Å². The summed E-state index contributed by atoms with van der Waals surface area (Å²) < 4.78 is 12.9. The summed E-state index contributed by atoms with van der Waals surface area (Å²) in [6.07, 6.45) is 0.907. The first kappa shape index (κ1) is 12.8. The number of halogens is 1. The molecule has 0 spiro atoms. The molecule has 1 aromatic carbocycles. The van der Waals surface area contributed by atoms with Crippen molar-refractivity contribution in [3.63, 3.8) is 0 Å². The molecule has 0 saturated carbocycles. The molecule has 1 amide bonds. The molecule has 4 nitrogen and oxygen atoms in total. The molecule has 0 aliphatic carbocycles. The second kappa shape index (κ2) is 5.35. The van der Waals surface area contributed by atoms with Crippen LogP contribution in [0.5, 0.6) is 5.75 Å². The number of amides is 1. The van der Waals surface area contributed by atoms with Gasteiger partial charge in [0.1, 0.15) is 11.6 Å². The van der Waals surface area contributed by atoms with Gasteiger partial charge in [-0.3, -0.25) is 4.79 Å². The van der Waals surface area contributed by atoms with Gasteiger partial charge in [0.15, 0.2) is 0 Å². The minimum absolute atomic E-state index is 0.168. The van der Waals surface area contributed by atoms with E-state index in [1.165, 1.54) is 12.1 Å². The van der Waals surface area contributed by atoms with E-state index in [1.807, 2.05) is 7.05 Å². The zero-order valence-corrected chi connectivity index (χ0v) is 10.4. The van der Waals surface area contributed by atoms with E-state index >= 15 is 0 Å². The highest BCUT2D eigenvalue weighted by Gasteiger charge is 2.21. The topological polar surface area (TPSA) is 43.8 Å². The first-order valence-electron chi connectivity index (χ1n) is 6.04. The van der Waals surface area contributed by atoms with Crippen molar-refractivity contribution in [3.05, 3.63) is 29.6 Å². The highest BCUT2D eigenvalue weighted by Crippen LogP contribution is 2.20. The van der Waals surface area contributed by atoms with Gasteiger partial charge in [0, 0.05) is 25.7 Å². The average molecular weight is 252 g/mol. The molecule has 0 bridgehead atoms. The number of carbonyl (C=O) groups excluding carboxylic acids is 1. The van der Waals surface area contributed by atoms with Crippen LogP contribution < -0.4 is 0 Å². The van der Waals surface area contributed by atoms with Crippen LogP contribution in [0.25, 0.3) is 0 Å². The van der Waals surface area contributed by atoms with Gasteiger partial charge in [0.25, 0.3) is 5.91 Å². The van der Waals surface area contributed by atoms with E-state index in [0.717, 1.165) is 25.6 Å². The molecule has 1 aliphatic rings. The van der Waals surface area contributed by atoms with Gasteiger partial charge in [0.2, 0.25) is 0 Å². The van der Waals surface area contributed by atoms with Gasteiger partial charge in [0.05, 0.1) is 5.56 Å². The van der Waals surface area contributed by atoms with Crippen LogP contribution in [0.4, 0.5) is 4.39 Å². The lowest BCUT2D eigenvalue weighted by Crippen LogP contribution is -2.34. The predicted octanol–water partition coefficient (Wildman–Crippen LogP) is 1.31. The van der Waals surface area contributed by atoms with Crippen LogP contribution in [0.15, 0.2) is 18.2 Å². The average Bonchev–Trinajstić information content (AvgIpc) is 2.53. The van der Waals surface area contributed by atoms with Gasteiger partial charge in [-0.15, -0.1) is 0 Å². The van der Waals surface area contributed by atoms with Crippen molar-refractivity contribution >= 4 is 5.91 Å². The minimum Gasteiger partial charge on any atom is -0.507 e. The van der Waals surface area contributed by atoms with Gasteiger partial charge < -0.3 is 14.9 Å². The molecule has 0 radical (unpaired) electrons. The monoisotopic (exact) mass is 252 g/mol. The number of hydrogen-bond acceptors (Lipinski definition) is 3. The molecule has 5 heteroatoms. The van der Waals surface area contributed by atoms with E-state index in [-0.39, 0.29) is 17.2 Å². The summed E-state index contributed by atoms with van der Waals surface area (Å²) in [5.41, 5.74) is 0.168. The second-order valence-corrected chi connectivity index (χ2v) is 4.61. The van der Waals surface area contributed by atoms with Crippen LogP contribution in [-0.4, -0.2) is 54.0 Å². The Morgan fingerprint density at radius 2 is 2.06 bits per heavy atom. The normalized spacial score (nSPS) is 17.6. The number of rotatable bonds is 1. The van der Waals surface area contributed by atoms with Crippen molar-refractivity contribution in [2.45, 2.75) is 6.42 Å². The quantitative estimate of drug-likeness (QED) is 0.819. The fourth-order valence-electron chi connectivity index (χ4n) is 2.11. The molecule has 18 heavy (non-hydrogen) atoms. The third kappa shape index (κ3) is 2.79. The summed E-state index contributed by atoms with van der Waals surface area (Å²) in [5.74, 6) is -1.07. The Hall–Kier alpha value is -1.62. The molecule has 0 atom stereocenters. The summed E-state index contributed by atoms with van der Waals surface area (Å²) >= 11 is 0. The number of phenols is 1. The van der Waals surface area contributed by atoms with Crippen LogP contribution >= 0.6 is 0 Å². The Morgan fingerprint density at radius 3 is 2.78 bits per heavy atom. The molecule has 1 heterocycles. The van der Waals surface area contributed by atoms with E-state index in [1.54, 1.807) is 4.90 Å². The molecule has 98 valence electrons. The smallest absolute Gasteiger partial charge is 0.257 e. The van der Waals surface area contributed by atoms with Crippen molar-refractivity contribution in [2.75, 3.05) is 33.2 Å². The van der Waals surface area contributed by atoms with E-state index in [0.29, 0.717) is 13.1 Å². The third-order valence-corrected chi connectivity index (χ3v) is 3.20. The van der Waals surface area contributed by atoms with E-state index in [9.17, 15) is 14.3 Å². The van der Waals surface area contributed by atoms with Crippen molar-refractivity contribution in [1.82, 2.24) is 9.80 Å². The van der Waals surface area contributed by atoms with Crippen LogP contribution in [0.1, 0.15) is 16.8 Å². The second-order valence-electron chi connectivity index (χ2n) is 4.61. The van der Waals surface area contributed by atoms with Crippen LogP contribution in [0, 0.1) is 5.82 Å². The van der Waals surface area contributed by atoms with Crippen molar-refractivity contribution in [1.29, 1.82) is 0 Å². The standard InChI is InChI=1S/C13H17FN2O2/c1-15-5-2-6-16(8-7-15)13(18)11-4-3-10(14)9-12(11)17/h3-4,9,17H,2,5-8H2,1H3. The largest absolute Gasteiger partial charge is 0.507 e. The lowest BCUT2D eigenvalue weighted by Gasteiger charge is -2.21. The molecule has 0 aromatic heterocycles. The molecule has 1 saturated heterocycles. The Labute approximate surface area is 106 Å². The van der Waals surface area contributed by atoms with Crippen molar-refractivity contribution < 1.29 is 14.3 Å². The number of hydrogen-bond donors (Lipinski definition) is 1. The first-order chi connectivity index (χ1) is 8.58. The molecular weight excluding hydrogens is 235 g/mol. The highest BCUT2D eigenvalue weighted by molar-refractivity contribution is 5.96. The lowest BCUT2D eigenvalue weighted by molar-refractivity contribution is 0.0759. The maximum absolute atomic E-state index is 12.9. The summed E-state index contributed by atoms with van der Waals surface area (Å²) in [5, 5.41) is 9.62. The van der Waals surface area contributed by atoms with Crippen LogP contribution in [-0.2, 0) is 0 Å².